The van der Waals surface area contributed by atoms with E-state index in [1.54, 1.807) is 0 Å². The SMILES string of the molecule is NCCCC[C@H](NC(=O)C1CCCO1)C(=O)c1nc2ccccc2s1.O=C(O)C(F)(F)F. The van der Waals surface area contributed by atoms with Gasteiger partial charge in [0.05, 0.1) is 16.3 Å². The molecule has 1 aliphatic rings. The zero-order valence-electron chi connectivity index (χ0n) is 17.1. The summed E-state index contributed by atoms with van der Waals surface area (Å²) >= 11 is 1.36. The van der Waals surface area contributed by atoms with Crippen molar-refractivity contribution in [2.45, 2.75) is 50.4 Å². The molecule has 4 N–H and O–H groups in total. The topological polar surface area (TPSA) is 132 Å². The fourth-order valence-electron chi connectivity index (χ4n) is 2.94. The number of ketones is 1. The number of aliphatic carboxylic acids is 1. The number of hydrogen-bond acceptors (Lipinski definition) is 7. The largest absolute Gasteiger partial charge is 0.490 e. The second-order valence-corrected chi connectivity index (χ2v) is 8.03. The van der Waals surface area contributed by atoms with Crippen molar-refractivity contribution >= 4 is 39.2 Å². The molecule has 0 radical (unpaired) electrons. The minimum atomic E-state index is -5.08. The average Bonchev–Trinajstić information content (AvgIpc) is 3.42. The van der Waals surface area contributed by atoms with E-state index < -0.39 is 24.3 Å². The molecule has 3 rings (SSSR count). The molecule has 1 aromatic carbocycles. The van der Waals surface area contributed by atoms with Crippen LogP contribution in [0.15, 0.2) is 24.3 Å². The van der Waals surface area contributed by atoms with Crippen molar-refractivity contribution in [3.63, 3.8) is 0 Å². The second kappa shape index (κ2) is 11.9. The molecule has 0 spiro atoms. The number of Topliss-reactive ketones (excluding diaryl/α,β-unsaturated/α-hetero) is 1. The van der Waals surface area contributed by atoms with Crippen LogP contribution < -0.4 is 11.1 Å². The van der Waals surface area contributed by atoms with Crippen LogP contribution in [-0.2, 0) is 14.3 Å². The van der Waals surface area contributed by atoms with Crippen LogP contribution in [-0.4, -0.2) is 59.2 Å². The number of rotatable bonds is 8. The molecule has 32 heavy (non-hydrogen) atoms. The summed E-state index contributed by atoms with van der Waals surface area (Å²) in [4.78, 5) is 38.6. The third-order valence-corrected chi connectivity index (χ3v) is 5.60. The van der Waals surface area contributed by atoms with Crippen molar-refractivity contribution in [2.75, 3.05) is 13.2 Å². The first kappa shape index (κ1) is 25.7. The highest BCUT2D eigenvalue weighted by Gasteiger charge is 2.38. The van der Waals surface area contributed by atoms with Crippen LogP contribution >= 0.6 is 11.3 Å². The highest BCUT2D eigenvalue weighted by Crippen LogP contribution is 2.23. The van der Waals surface area contributed by atoms with E-state index in [9.17, 15) is 22.8 Å². The molecular weight excluding hydrogens is 451 g/mol. The van der Waals surface area contributed by atoms with E-state index in [1.807, 2.05) is 24.3 Å². The number of para-hydroxylation sites is 1. The van der Waals surface area contributed by atoms with Gasteiger partial charge in [0.25, 0.3) is 0 Å². The molecule has 1 amide bonds. The number of benzene rings is 1. The molecule has 2 aromatic rings. The Hall–Kier alpha value is -2.57. The number of amides is 1. The van der Waals surface area contributed by atoms with Gasteiger partial charge in [0.2, 0.25) is 11.7 Å². The number of alkyl halides is 3. The Kier molecular flexibility index (Phi) is 9.54. The Morgan fingerprint density at radius 2 is 1.97 bits per heavy atom. The Balaban J connectivity index is 0.000000451. The van der Waals surface area contributed by atoms with Crippen molar-refractivity contribution in [3.8, 4) is 0 Å². The van der Waals surface area contributed by atoms with Crippen LogP contribution in [0.25, 0.3) is 10.2 Å². The Morgan fingerprint density at radius 3 is 2.53 bits per heavy atom. The Bertz CT molecular complexity index is 896. The monoisotopic (exact) mass is 475 g/mol. The molecule has 1 fully saturated rings. The van der Waals surface area contributed by atoms with Gasteiger partial charge in [-0.2, -0.15) is 13.2 Å². The number of ether oxygens (including phenoxy) is 1. The Morgan fingerprint density at radius 1 is 1.28 bits per heavy atom. The van der Waals surface area contributed by atoms with E-state index in [1.165, 1.54) is 11.3 Å². The summed E-state index contributed by atoms with van der Waals surface area (Å²) in [7, 11) is 0. The average molecular weight is 475 g/mol. The number of nitrogens with one attached hydrogen (secondary N) is 1. The van der Waals surface area contributed by atoms with Gasteiger partial charge in [0, 0.05) is 6.61 Å². The number of aromatic nitrogens is 1. The summed E-state index contributed by atoms with van der Waals surface area (Å²) in [5.41, 5.74) is 6.36. The number of hydrogen-bond donors (Lipinski definition) is 3. The van der Waals surface area contributed by atoms with E-state index in [2.05, 4.69) is 10.3 Å². The number of fused-ring (bicyclic) bond motifs is 1. The lowest BCUT2D eigenvalue weighted by atomic mass is 10.0. The summed E-state index contributed by atoms with van der Waals surface area (Å²) in [6.07, 6.45) is -1.79. The second-order valence-electron chi connectivity index (χ2n) is 7.00. The first-order valence-corrected chi connectivity index (χ1v) is 10.8. The van der Waals surface area contributed by atoms with E-state index >= 15 is 0 Å². The summed E-state index contributed by atoms with van der Waals surface area (Å²) in [5, 5.41) is 10.4. The van der Waals surface area contributed by atoms with Gasteiger partial charge in [0.15, 0.2) is 5.01 Å². The van der Waals surface area contributed by atoms with Gasteiger partial charge in [-0.15, -0.1) is 11.3 Å². The molecule has 2 atom stereocenters. The van der Waals surface area contributed by atoms with Gasteiger partial charge in [-0.25, -0.2) is 9.78 Å². The molecule has 0 aliphatic carbocycles. The number of carbonyl (C=O) groups excluding carboxylic acids is 2. The van der Waals surface area contributed by atoms with E-state index in [-0.39, 0.29) is 11.7 Å². The number of carboxylic acid groups (broad SMARTS) is 1. The zero-order valence-corrected chi connectivity index (χ0v) is 17.9. The highest BCUT2D eigenvalue weighted by molar-refractivity contribution is 7.20. The zero-order chi connectivity index (χ0) is 23.7. The number of nitrogens with two attached hydrogens (primary N) is 1. The normalized spacial score (nSPS) is 16.8. The van der Waals surface area contributed by atoms with Crippen LogP contribution in [0, 0.1) is 0 Å². The van der Waals surface area contributed by atoms with Crippen LogP contribution in [0.1, 0.15) is 41.9 Å². The van der Waals surface area contributed by atoms with Gasteiger partial charge >= 0.3 is 12.1 Å². The molecule has 1 unspecified atom stereocenters. The minimum absolute atomic E-state index is 0.135. The third-order valence-electron chi connectivity index (χ3n) is 4.55. The molecular formula is C20H24F3N3O5S. The number of carbonyl (C=O) groups is 3. The van der Waals surface area contributed by atoms with Crippen molar-refractivity contribution in [2.24, 2.45) is 5.73 Å². The lowest BCUT2D eigenvalue weighted by Crippen LogP contribution is -2.45. The lowest BCUT2D eigenvalue weighted by Gasteiger charge is -2.18. The summed E-state index contributed by atoms with van der Waals surface area (Å²) < 4.78 is 38.1. The molecule has 1 aliphatic heterocycles. The molecule has 12 heteroatoms. The van der Waals surface area contributed by atoms with Gasteiger partial charge in [-0.05, 0) is 50.8 Å². The summed E-state index contributed by atoms with van der Waals surface area (Å²) in [6, 6.07) is 7.07. The first-order chi connectivity index (χ1) is 15.1. The molecule has 0 saturated carbocycles. The van der Waals surface area contributed by atoms with Crippen molar-refractivity contribution in [1.82, 2.24) is 10.3 Å². The van der Waals surface area contributed by atoms with E-state index in [4.69, 9.17) is 20.4 Å². The van der Waals surface area contributed by atoms with Crippen LogP contribution in [0.5, 0.6) is 0 Å². The maximum Gasteiger partial charge on any atom is 0.490 e. The van der Waals surface area contributed by atoms with E-state index in [0.717, 1.165) is 29.5 Å². The predicted octanol–water partition coefficient (Wildman–Crippen LogP) is 2.91. The number of carboxylic acids is 1. The summed E-state index contributed by atoms with van der Waals surface area (Å²) in [6.45, 7) is 1.17. The lowest BCUT2D eigenvalue weighted by molar-refractivity contribution is -0.192. The first-order valence-electron chi connectivity index (χ1n) is 9.95. The molecule has 0 bridgehead atoms. The Labute approximate surface area is 185 Å². The number of unbranched alkanes of at least 4 members (excludes halogenated alkanes) is 1. The third kappa shape index (κ3) is 7.53. The van der Waals surface area contributed by atoms with Crippen LogP contribution in [0.3, 0.4) is 0 Å². The van der Waals surface area contributed by atoms with Gasteiger partial charge in [-0.1, -0.05) is 12.1 Å². The van der Waals surface area contributed by atoms with E-state index in [0.29, 0.717) is 31.0 Å². The van der Waals surface area contributed by atoms with Gasteiger partial charge in [0.1, 0.15) is 6.10 Å². The predicted molar refractivity (Wildman–Crippen MR) is 111 cm³/mol. The van der Waals surface area contributed by atoms with Crippen LogP contribution in [0.4, 0.5) is 13.2 Å². The minimum Gasteiger partial charge on any atom is -0.475 e. The molecule has 1 saturated heterocycles. The molecule has 176 valence electrons. The van der Waals surface area contributed by atoms with Crippen molar-refractivity contribution in [3.05, 3.63) is 29.3 Å². The maximum absolute atomic E-state index is 12.9. The van der Waals surface area contributed by atoms with Gasteiger partial charge in [-0.3, -0.25) is 9.59 Å². The quantitative estimate of drug-likeness (QED) is 0.395. The standard InChI is InChI=1S/C18H23N3O3S.C2HF3O2/c19-10-4-3-7-13(20-17(23)14-8-5-11-24-14)16(22)18-21-12-6-1-2-9-15(12)25-18;3-2(4,5)1(6)7/h1-2,6,9,13-14H,3-5,7-8,10-11,19H2,(H,20,23);(H,6,7)/t13-,14?;/m0./s1. The number of halogens is 3. The van der Waals surface area contributed by atoms with Gasteiger partial charge < -0.3 is 20.9 Å². The fraction of sp³-hybridized carbons (Fsp3) is 0.500. The van der Waals surface area contributed by atoms with Crippen molar-refractivity contribution in [1.29, 1.82) is 0 Å². The van der Waals surface area contributed by atoms with Crippen molar-refractivity contribution < 1.29 is 37.4 Å². The molecule has 8 nitrogen and oxygen atoms in total. The fourth-order valence-corrected chi connectivity index (χ4v) is 3.90. The van der Waals surface area contributed by atoms with Crippen LogP contribution in [0.2, 0.25) is 0 Å². The molecule has 1 aromatic heterocycles. The molecule has 2 heterocycles. The smallest absolute Gasteiger partial charge is 0.475 e. The highest BCUT2D eigenvalue weighted by atomic mass is 32.1. The maximum atomic E-state index is 12.9. The number of thiazole rings is 1. The number of nitrogens with zero attached hydrogens (tertiary/aromatic N) is 1. The summed E-state index contributed by atoms with van der Waals surface area (Å²) in [5.74, 6) is -3.10.